The van der Waals surface area contributed by atoms with E-state index in [4.69, 9.17) is 16.9 Å². The summed E-state index contributed by atoms with van der Waals surface area (Å²) >= 11 is 6.07. The number of nitriles is 1. The zero-order chi connectivity index (χ0) is 14.8. The van der Waals surface area contributed by atoms with Gasteiger partial charge in [0.15, 0.2) is 0 Å². The summed E-state index contributed by atoms with van der Waals surface area (Å²) < 4.78 is 0. The zero-order valence-corrected chi connectivity index (χ0v) is 12.1. The molecule has 0 atom stereocenters. The molecule has 0 unspecified atom stereocenters. The molecule has 0 bridgehead atoms. The molecule has 0 aliphatic carbocycles. The number of benzene rings is 2. The van der Waals surface area contributed by atoms with E-state index in [1.54, 1.807) is 12.1 Å². The van der Waals surface area contributed by atoms with Gasteiger partial charge in [-0.05, 0) is 37.3 Å². The van der Waals surface area contributed by atoms with Gasteiger partial charge >= 0.3 is 0 Å². The molecular weight excluding hydrogens is 282 g/mol. The van der Waals surface area contributed by atoms with E-state index in [2.05, 4.69) is 16.4 Å². The first-order chi connectivity index (χ1) is 10.2. The Morgan fingerprint density at radius 3 is 2.71 bits per heavy atom. The number of hydrogen-bond acceptors (Lipinski definition) is 3. The Labute approximate surface area is 127 Å². The van der Waals surface area contributed by atoms with Crippen LogP contribution < -0.4 is 5.32 Å². The molecule has 0 fully saturated rings. The van der Waals surface area contributed by atoms with Crippen molar-refractivity contribution in [3.05, 3.63) is 64.8 Å². The molecule has 0 aliphatic rings. The summed E-state index contributed by atoms with van der Waals surface area (Å²) in [6.07, 6.45) is 0. The number of nitrogens with zero attached hydrogens (tertiary/aromatic N) is 2. The highest BCUT2D eigenvalue weighted by molar-refractivity contribution is 6.32. The molecule has 4 heteroatoms. The molecule has 3 rings (SSSR count). The Balaban J connectivity index is 2.06. The minimum absolute atomic E-state index is 0.442. The number of para-hydroxylation sites is 1. The fourth-order valence-corrected chi connectivity index (χ4v) is 2.47. The standard InChI is InChI=1S/C17H12ClN3/c1-11-8-17(14-4-2-3-5-16(14)20-11)21-13-7-6-12(10-19)15(18)9-13/h2-9H,1H3,(H,20,21). The lowest BCUT2D eigenvalue weighted by atomic mass is 10.1. The van der Waals surface area contributed by atoms with Crippen LogP contribution in [0.2, 0.25) is 5.02 Å². The van der Waals surface area contributed by atoms with Crippen LogP contribution in [0.4, 0.5) is 11.4 Å². The number of rotatable bonds is 2. The van der Waals surface area contributed by atoms with Crippen molar-refractivity contribution in [2.75, 3.05) is 5.32 Å². The predicted molar refractivity (Wildman–Crippen MR) is 85.9 cm³/mol. The predicted octanol–water partition coefficient (Wildman–Crippen LogP) is 4.81. The van der Waals surface area contributed by atoms with E-state index in [1.807, 2.05) is 43.3 Å². The van der Waals surface area contributed by atoms with Crippen LogP contribution in [0.3, 0.4) is 0 Å². The van der Waals surface area contributed by atoms with E-state index in [0.29, 0.717) is 10.6 Å². The van der Waals surface area contributed by atoms with Gasteiger partial charge in [-0.1, -0.05) is 29.8 Å². The van der Waals surface area contributed by atoms with Gasteiger partial charge in [0, 0.05) is 22.5 Å². The third kappa shape index (κ3) is 2.67. The summed E-state index contributed by atoms with van der Waals surface area (Å²) in [7, 11) is 0. The maximum Gasteiger partial charge on any atom is 0.101 e. The average Bonchev–Trinajstić information content (AvgIpc) is 2.47. The van der Waals surface area contributed by atoms with Crippen LogP contribution in [0.15, 0.2) is 48.5 Å². The normalized spacial score (nSPS) is 10.3. The van der Waals surface area contributed by atoms with Crippen molar-refractivity contribution in [1.82, 2.24) is 4.98 Å². The monoisotopic (exact) mass is 293 g/mol. The lowest BCUT2D eigenvalue weighted by molar-refractivity contribution is 1.25. The van der Waals surface area contributed by atoms with Crippen molar-refractivity contribution in [3.63, 3.8) is 0 Å². The summed E-state index contributed by atoms with van der Waals surface area (Å²) in [5.41, 5.74) is 4.17. The average molecular weight is 294 g/mol. The van der Waals surface area contributed by atoms with Gasteiger partial charge in [0.05, 0.1) is 16.1 Å². The molecular formula is C17H12ClN3. The van der Waals surface area contributed by atoms with Crippen molar-refractivity contribution >= 4 is 33.9 Å². The quantitative estimate of drug-likeness (QED) is 0.737. The van der Waals surface area contributed by atoms with Crippen molar-refractivity contribution in [1.29, 1.82) is 5.26 Å². The second-order valence-corrected chi connectivity index (χ2v) is 5.17. The second kappa shape index (κ2) is 5.43. The van der Waals surface area contributed by atoms with Crippen molar-refractivity contribution in [2.24, 2.45) is 0 Å². The number of hydrogen-bond donors (Lipinski definition) is 1. The van der Waals surface area contributed by atoms with Crippen LogP contribution in [-0.4, -0.2) is 4.98 Å². The van der Waals surface area contributed by atoms with E-state index in [-0.39, 0.29) is 0 Å². The molecule has 102 valence electrons. The van der Waals surface area contributed by atoms with Crippen molar-refractivity contribution < 1.29 is 0 Å². The Hall–Kier alpha value is -2.57. The molecule has 2 aromatic carbocycles. The first-order valence-electron chi connectivity index (χ1n) is 6.50. The van der Waals surface area contributed by atoms with E-state index in [1.165, 1.54) is 0 Å². The van der Waals surface area contributed by atoms with Crippen molar-refractivity contribution in [3.8, 4) is 6.07 Å². The highest BCUT2D eigenvalue weighted by Gasteiger charge is 2.06. The summed E-state index contributed by atoms with van der Waals surface area (Å²) in [6, 6.07) is 17.3. The molecule has 0 amide bonds. The van der Waals surface area contributed by atoms with Gasteiger partial charge in [-0.15, -0.1) is 0 Å². The molecule has 0 saturated heterocycles. The largest absolute Gasteiger partial charge is 0.355 e. The topological polar surface area (TPSA) is 48.7 Å². The molecule has 3 aromatic rings. The van der Waals surface area contributed by atoms with Crippen LogP contribution in [0, 0.1) is 18.3 Å². The van der Waals surface area contributed by atoms with Crippen molar-refractivity contribution in [2.45, 2.75) is 6.92 Å². The molecule has 0 spiro atoms. The molecule has 1 aromatic heterocycles. The molecule has 1 heterocycles. The number of pyridine rings is 1. The molecule has 3 nitrogen and oxygen atoms in total. The molecule has 21 heavy (non-hydrogen) atoms. The Morgan fingerprint density at radius 2 is 1.95 bits per heavy atom. The first kappa shape index (κ1) is 13.4. The third-order valence-electron chi connectivity index (χ3n) is 3.21. The van der Waals surface area contributed by atoms with Crippen LogP contribution in [0.25, 0.3) is 10.9 Å². The van der Waals surface area contributed by atoms with Crippen LogP contribution >= 0.6 is 11.6 Å². The van der Waals surface area contributed by atoms with Crippen LogP contribution in [0.5, 0.6) is 0 Å². The van der Waals surface area contributed by atoms with Gasteiger partial charge in [0.2, 0.25) is 0 Å². The van der Waals surface area contributed by atoms with E-state index < -0.39 is 0 Å². The Bertz CT molecular complexity index is 866. The lowest BCUT2D eigenvalue weighted by Gasteiger charge is -2.11. The van der Waals surface area contributed by atoms with Gasteiger partial charge in [0.1, 0.15) is 6.07 Å². The second-order valence-electron chi connectivity index (χ2n) is 4.76. The minimum atomic E-state index is 0.442. The number of halogens is 1. The molecule has 1 N–H and O–H groups in total. The fraction of sp³-hybridized carbons (Fsp3) is 0.0588. The summed E-state index contributed by atoms with van der Waals surface area (Å²) in [5.74, 6) is 0. The Morgan fingerprint density at radius 1 is 1.14 bits per heavy atom. The molecule has 0 saturated carbocycles. The van der Waals surface area contributed by atoms with Gasteiger partial charge in [0.25, 0.3) is 0 Å². The van der Waals surface area contributed by atoms with Gasteiger partial charge < -0.3 is 5.32 Å². The summed E-state index contributed by atoms with van der Waals surface area (Å²) in [6.45, 7) is 1.96. The van der Waals surface area contributed by atoms with Crippen LogP contribution in [0.1, 0.15) is 11.3 Å². The van der Waals surface area contributed by atoms with Gasteiger partial charge in [-0.2, -0.15) is 5.26 Å². The number of fused-ring (bicyclic) bond motifs is 1. The van der Waals surface area contributed by atoms with E-state index in [9.17, 15) is 0 Å². The maximum atomic E-state index is 8.91. The highest BCUT2D eigenvalue weighted by atomic mass is 35.5. The zero-order valence-electron chi connectivity index (χ0n) is 11.4. The van der Waals surface area contributed by atoms with Crippen LogP contribution in [-0.2, 0) is 0 Å². The Kier molecular flexibility index (Phi) is 3.47. The molecule has 0 radical (unpaired) electrons. The fourth-order valence-electron chi connectivity index (χ4n) is 2.25. The maximum absolute atomic E-state index is 8.91. The van der Waals surface area contributed by atoms with E-state index >= 15 is 0 Å². The SMILES string of the molecule is Cc1cc(Nc2ccc(C#N)c(Cl)c2)c2ccccc2n1. The smallest absolute Gasteiger partial charge is 0.101 e. The molecule has 0 aliphatic heterocycles. The number of nitrogens with one attached hydrogen (secondary N) is 1. The summed E-state index contributed by atoms with van der Waals surface area (Å²) in [5, 5.41) is 13.7. The lowest BCUT2D eigenvalue weighted by Crippen LogP contribution is -1.95. The number of aryl methyl sites for hydroxylation is 1. The highest BCUT2D eigenvalue weighted by Crippen LogP contribution is 2.28. The van der Waals surface area contributed by atoms with E-state index in [0.717, 1.165) is 28.0 Å². The number of aromatic nitrogens is 1. The summed E-state index contributed by atoms with van der Waals surface area (Å²) in [4.78, 5) is 4.51. The minimum Gasteiger partial charge on any atom is -0.355 e. The number of anilines is 2. The first-order valence-corrected chi connectivity index (χ1v) is 6.88. The third-order valence-corrected chi connectivity index (χ3v) is 3.53. The van der Waals surface area contributed by atoms with Gasteiger partial charge in [-0.3, -0.25) is 4.98 Å². The van der Waals surface area contributed by atoms with Gasteiger partial charge in [-0.25, -0.2) is 0 Å².